The van der Waals surface area contributed by atoms with Crippen molar-refractivity contribution in [3.05, 3.63) is 0 Å². The summed E-state index contributed by atoms with van der Waals surface area (Å²) in [5.74, 6) is 0.0266. The van der Waals surface area contributed by atoms with Gasteiger partial charge in [-0.25, -0.2) is 0 Å². The summed E-state index contributed by atoms with van der Waals surface area (Å²) in [5.41, 5.74) is 5.35. The summed E-state index contributed by atoms with van der Waals surface area (Å²) in [7, 11) is 0. The molecule has 0 aromatic rings. The third-order valence-electron chi connectivity index (χ3n) is 2.66. The summed E-state index contributed by atoms with van der Waals surface area (Å²) < 4.78 is 35.9. The van der Waals surface area contributed by atoms with Gasteiger partial charge >= 0.3 is 6.18 Å². The lowest BCUT2D eigenvalue weighted by atomic mass is 9.97. The fourth-order valence-electron chi connectivity index (χ4n) is 1.80. The van der Waals surface area contributed by atoms with E-state index in [1.165, 1.54) is 0 Å². The molecule has 0 amide bonds. The number of rotatable bonds is 3. The average Bonchev–Trinajstić information content (AvgIpc) is 2.14. The summed E-state index contributed by atoms with van der Waals surface area (Å²) in [4.78, 5) is 1.74. The van der Waals surface area contributed by atoms with E-state index in [0.29, 0.717) is 13.1 Å². The zero-order valence-corrected chi connectivity index (χ0v) is 8.48. The van der Waals surface area contributed by atoms with Crippen molar-refractivity contribution in [2.45, 2.75) is 25.4 Å². The maximum atomic E-state index is 12.0. The highest BCUT2D eigenvalue weighted by atomic mass is 19.4. The van der Waals surface area contributed by atoms with Crippen molar-refractivity contribution in [2.24, 2.45) is 11.7 Å². The molecule has 6 heteroatoms. The summed E-state index contributed by atoms with van der Waals surface area (Å²) in [6.45, 7) is 1.19. The molecule has 1 heterocycles. The molecule has 0 aliphatic carbocycles. The van der Waals surface area contributed by atoms with Gasteiger partial charge in [0, 0.05) is 19.0 Å². The maximum Gasteiger partial charge on any atom is 0.390 e. The molecule has 1 aliphatic heterocycles. The van der Waals surface area contributed by atoms with Gasteiger partial charge in [0.1, 0.15) is 0 Å². The van der Waals surface area contributed by atoms with Crippen LogP contribution in [0.3, 0.4) is 0 Å². The summed E-state index contributed by atoms with van der Waals surface area (Å²) in [6, 6.07) is 0. The molecule has 15 heavy (non-hydrogen) atoms. The number of hydrogen-bond acceptors (Lipinski definition) is 2. The highest BCUT2D eigenvalue weighted by molar-refractivity contribution is 5.79. The van der Waals surface area contributed by atoms with Crippen LogP contribution in [0.5, 0.6) is 0 Å². The molecule has 0 spiro atoms. The molecular weight excluding hydrogens is 207 g/mol. The van der Waals surface area contributed by atoms with Crippen molar-refractivity contribution in [2.75, 3.05) is 19.6 Å². The first kappa shape index (κ1) is 12.3. The molecule has 1 saturated heterocycles. The van der Waals surface area contributed by atoms with Crippen LogP contribution in [0.15, 0.2) is 0 Å². The quantitative estimate of drug-likeness (QED) is 0.564. The fourth-order valence-corrected chi connectivity index (χ4v) is 1.80. The highest BCUT2D eigenvalue weighted by Crippen LogP contribution is 2.22. The Labute approximate surface area is 86.9 Å². The zero-order chi connectivity index (χ0) is 11.5. The molecule has 3 N–H and O–H groups in total. The first-order chi connectivity index (χ1) is 6.88. The summed E-state index contributed by atoms with van der Waals surface area (Å²) >= 11 is 0. The van der Waals surface area contributed by atoms with Gasteiger partial charge in [-0.2, -0.15) is 13.2 Å². The zero-order valence-electron chi connectivity index (χ0n) is 8.48. The number of alkyl halides is 3. The Bertz CT molecular complexity index is 227. The molecule has 0 bridgehead atoms. The molecule has 0 aromatic carbocycles. The van der Waals surface area contributed by atoms with Crippen LogP contribution in [0.4, 0.5) is 13.2 Å². The number of halogens is 3. The first-order valence-corrected chi connectivity index (χ1v) is 5.01. The molecule has 1 atom stereocenters. The third kappa shape index (κ3) is 4.51. The van der Waals surface area contributed by atoms with Gasteiger partial charge in [-0.1, -0.05) is 0 Å². The maximum absolute atomic E-state index is 12.0. The number of hydrogen-bond donors (Lipinski definition) is 2. The van der Waals surface area contributed by atoms with Crippen LogP contribution < -0.4 is 5.73 Å². The molecule has 0 radical (unpaired) electrons. The minimum atomic E-state index is -4.09. The van der Waals surface area contributed by atoms with Crippen LogP contribution in [0.25, 0.3) is 0 Å². The second-order valence-electron chi connectivity index (χ2n) is 3.96. The Balaban J connectivity index is 2.34. The van der Waals surface area contributed by atoms with Gasteiger partial charge in [0.2, 0.25) is 0 Å². The number of likely N-dealkylation sites (tertiary alicyclic amines) is 1. The van der Waals surface area contributed by atoms with Crippen molar-refractivity contribution in [3.63, 3.8) is 0 Å². The number of nitrogens with zero attached hydrogens (tertiary/aromatic N) is 1. The molecule has 3 nitrogen and oxygen atoms in total. The van der Waals surface area contributed by atoms with Crippen LogP contribution in [0.1, 0.15) is 19.3 Å². The summed E-state index contributed by atoms with van der Waals surface area (Å²) in [5, 5.41) is 7.26. The van der Waals surface area contributed by atoms with Crippen LogP contribution in [-0.4, -0.2) is 36.5 Å². The number of nitrogens with two attached hydrogens (primary N) is 1. The van der Waals surface area contributed by atoms with E-state index in [9.17, 15) is 13.2 Å². The first-order valence-electron chi connectivity index (χ1n) is 5.01. The standard InChI is InChI=1S/C9H16F3N3/c10-9(11,12)3-5-15-4-1-2-7(6-15)8(13)14/h7H,1-6H2,(H3,13,14). The second kappa shape index (κ2) is 4.83. The van der Waals surface area contributed by atoms with Gasteiger partial charge in [-0.3, -0.25) is 5.41 Å². The minimum absolute atomic E-state index is 0.0211. The van der Waals surface area contributed by atoms with E-state index >= 15 is 0 Å². The molecule has 1 fully saturated rings. The Morgan fingerprint density at radius 2 is 2.13 bits per heavy atom. The van der Waals surface area contributed by atoms with Crippen molar-refractivity contribution >= 4 is 5.84 Å². The SMILES string of the molecule is N=C(N)C1CCCN(CCC(F)(F)F)C1. The largest absolute Gasteiger partial charge is 0.390 e. The van der Waals surface area contributed by atoms with E-state index in [1.807, 2.05) is 0 Å². The smallest absolute Gasteiger partial charge is 0.387 e. The molecule has 1 aliphatic rings. The van der Waals surface area contributed by atoms with Crippen molar-refractivity contribution in [1.29, 1.82) is 5.41 Å². The molecule has 0 saturated carbocycles. The van der Waals surface area contributed by atoms with Gasteiger partial charge < -0.3 is 10.6 Å². The van der Waals surface area contributed by atoms with Gasteiger partial charge in [0.05, 0.1) is 12.3 Å². The van der Waals surface area contributed by atoms with Gasteiger partial charge in [0.25, 0.3) is 0 Å². The topological polar surface area (TPSA) is 53.1 Å². The van der Waals surface area contributed by atoms with Crippen LogP contribution in [-0.2, 0) is 0 Å². The Morgan fingerprint density at radius 1 is 1.47 bits per heavy atom. The van der Waals surface area contributed by atoms with Gasteiger partial charge in [-0.15, -0.1) is 0 Å². The van der Waals surface area contributed by atoms with Crippen molar-refractivity contribution < 1.29 is 13.2 Å². The van der Waals surface area contributed by atoms with E-state index in [-0.39, 0.29) is 18.3 Å². The average molecular weight is 223 g/mol. The lowest BCUT2D eigenvalue weighted by Gasteiger charge is -2.32. The lowest BCUT2D eigenvalue weighted by Crippen LogP contribution is -2.42. The van der Waals surface area contributed by atoms with E-state index < -0.39 is 12.6 Å². The lowest BCUT2D eigenvalue weighted by molar-refractivity contribution is -0.138. The van der Waals surface area contributed by atoms with E-state index in [4.69, 9.17) is 11.1 Å². The Kier molecular flexibility index (Phi) is 3.96. The molecule has 1 unspecified atom stereocenters. The predicted molar refractivity (Wildman–Crippen MR) is 51.8 cm³/mol. The normalized spacial score (nSPS) is 24.1. The van der Waals surface area contributed by atoms with Crippen LogP contribution >= 0.6 is 0 Å². The predicted octanol–water partition coefficient (Wildman–Crippen LogP) is 1.59. The second-order valence-corrected chi connectivity index (χ2v) is 3.96. The van der Waals surface area contributed by atoms with E-state index in [0.717, 1.165) is 12.8 Å². The number of nitrogens with one attached hydrogen (secondary N) is 1. The van der Waals surface area contributed by atoms with E-state index in [1.54, 1.807) is 4.90 Å². The Morgan fingerprint density at radius 3 is 2.67 bits per heavy atom. The molecular formula is C9H16F3N3. The number of amidine groups is 1. The molecule has 0 aromatic heterocycles. The van der Waals surface area contributed by atoms with Crippen molar-refractivity contribution in [3.8, 4) is 0 Å². The van der Waals surface area contributed by atoms with Crippen LogP contribution in [0, 0.1) is 11.3 Å². The van der Waals surface area contributed by atoms with E-state index in [2.05, 4.69) is 0 Å². The summed E-state index contributed by atoms with van der Waals surface area (Å²) in [6.07, 6.45) is -3.24. The molecule has 1 rings (SSSR count). The number of piperidine rings is 1. The fraction of sp³-hybridized carbons (Fsp3) is 0.889. The van der Waals surface area contributed by atoms with Gasteiger partial charge in [0.15, 0.2) is 0 Å². The molecule has 88 valence electrons. The third-order valence-corrected chi connectivity index (χ3v) is 2.66. The van der Waals surface area contributed by atoms with Crippen molar-refractivity contribution in [1.82, 2.24) is 4.90 Å². The Hall–Kier alpha value is -0.780. The highest BCUT2D eigenvalue weighted by Gasteiger charge is 2.29. The minimum Gasteiger partial charge on any atom is -0.387 e. The monoisotopic (exact) mass is 223 g/mol. The van der Waals surface area contributed by atoms with Gasteiger partial charge in [-0.05, 0) is 19.4 Å². The van der Waals surface area contributed by atoms with Crippen LogP contribution in [0.2, 0.25) is 0 Å².